The SMILES string of the molecule is CCNC(=NCC1CCN(C)CC1)NCCc1ccc(OC)cc1. The minimum absolute atomic E-state index is 0.721. The van der Waals surface area contributed by atoms with Gasteiger partial charge in [-0.25, -0.2) is 0 Å². The van der Waals surface area contributed by atoms with Crippen molar-refractivity contribution in [1.29, 1.82) is 0 Å². The van der Waals surface area contributed by atoms with E-state index in [9.17, 15) is 0 Å². The van der Waals surface area contributed by atoms with Gasteiger partial charge in [0.15, 0.2) is 5.96 Å². The van der Waals surface area contributed by atoms with E-state index < -0.39 is 0 Å². The molecule has 0 radical (unpaired) electrons. The van der Waals surface area contributed by atoms with Crippen molar-refractivity contribution in [2.45, 2.75) is 26.2 Å². The summed E-state index contributed by atoms with van der Waals surface area (Å²) < 4.78 is 5.19. The molecule has 1 heterocycles. The van der Waals surface area contributed by atoms with E-state index in [0.29, 0.717) is 0 Å². The second-order valence-corrected chi connectivity index (χ2v) is 6.49. The van der Waals surface area contributed by atoms with Gasteiger partial charge in [-0.1, -0.05) is 12.1 Å². The summed E-state index contributed by atoms with van der Waals surface area (Å²) in [7, 11) is 3.89. The smallest absolute Gasteiger partial charge is 0.191 e. The zero-order valence-electron chi connectivity index (χ0n) is 15.3. The number of guanidine groups is 1. The molecule has 1 aromatic rings. The molecule has 0 unspecified atom stereocenters. The molecular weight excluding hydrogens is 300 g/mol. The lowest BCUT2D eigenvalue weighted by molar-refractivity contribution is 0.223. The average Bonchev–Trinajstić information content (AvgIpc) is 2.61. The first kappa shape index (κ1) is 18.6. The fraction of sp³-hybridized carbons (Fsp3) is 0.632. The number of hydrogen-bond donors (Lipinski definition) is 2. The minimum Gasteiger partial charge on any atom is -0.497 e. The van der Waals surface area contributed by atoms with E-state index in [4.69, 9.17) is 9.73 Å². The first-order valence-electron chi connectivity index (χ1n) is 9.05. The lowest BCUT2D eigenvalue weighted by Crippen LogP contribution is -2.39. The number of hydrogen-bond acceptors (Lipinski definition) is 3. The Kier molecular flexibility index (Phi) is 7.89. The molecule has 2 N–H and O–H groups in total. The Labute approximate surface area is 146 Å². The Balaban J connectivity index is 1.76. The second kappa shape index (κ2) is 10.2. The van der Waals surface area contributed by atoms with E-state index in [-0.39, 0.29) is 0 Å². The summed E-state index contributed by atoms with van der Waals surface area (Å²) in [5.41, 5.74) is 1.30. The van der Waals surface area contributed by atoms with Crippen LogP contribution in [-0.2, 0) is 6.42 Å². The van der Waals surface area contributed by atoms with Crippen LogP contribution in [0.15, 0.2) is 29.3 Å². The third kappa shape index (κ3) is 6.40. The van der Waals surface area contributed by atoms with Crippen molar-refractivity contribution in [1.82, 2.24) is 15.5 Å². The summed E-state index contributed by atoms with van der Waals surface area (Å²) in [5, 5.41) is 6.79. The normalized spacial score (nSPS) is 16.9. The van der Waals surface area contributed by atoms with Crippen LogP contribution in [0.3, 0.4) is 0 Å². The number of aliphatic imine (C=N–C) groups is 1. The molecule has 0 spiro atoms. The highest BCUT2D eigenvalue weighted by Crippen LogP contribution is 2.16. The molecule has 0 amide bonds. The number of rotatable bonds is 7. The molecule has 5 nitrogen and oxygen atoms in total. The monoisotopic (exact) mass is 332 g/mol. The first-order valence-corrected chi connectivity index (χ1v) is 9.05. The van der Waals surface area contributed by atoms with E-state index in [2.05, 4.69) is 41.6 Å². The van der Waals surface area contributed by atoms with Crippen molar-refractivity contribution in [3.05, 3.63) is 29.8 Å². The maximum absolute atomic E-state index is 5.19. The van der Waals surface area contributed by atoms with Crippen LogP contribution in [-0.4, -0.2) is 57.7 Å². The van der Waals surface area contributed by atoms with Crippen LogP contribution in [0.1, 0.15) is 25.3 Å². The molecule has 0 bridgehead atoms. The zero-order valence-corrected chi connectivity index (χ0v) is 15.3. The summed E-state index contributed by atoms with van der Waals surface area (Å²) >= 11 is 0. The summed E-state index contributed by atoms with van der Waals surface area (Å²) in [6.45, 7) is 7.19. The fourth-order valence-corrected chi connectivity index (χ4v) is 2.92. The molecule has 0 aromatic heterocycles. The number of nitrogens with zero attached hydrogens (tertiary/aromatic N) is 2. The largest absolute Gasteiger partial charge is 0.497 e. The van der Waals surface area contributed by atoms with Gasteiger partial charge in [0.05, 0.1) is 7.11 Å². The highest BCUT2D eigenvalue weighted by Gasteiger charge is 2.16. The molecular formula is C19H32N4O. The van der Waals surface area contributed by atoms with E-state index in [0.717, 1.165) is 43.7 Å². The summed E-state index contributed by atoms with van der Waals surface area (Å²) in [5.74, 6) is 2.56. The second-order valence-electron chi connectivity index (χ2n) is 6.49. The average molecular weight is 332 g/mol. The van der Waals surface area contributed by atoms with Gasteiger partial charge in [0, 0.05) is 19.6 Å². The van der Waals surface area contributed by atoms with E-state index >= 15 is 0 Å². The first-order chi connectivity index (χ1) is 11.7. The third-order valence-electron chi connectivity index (χ3n) is 4.56. The van der Waals surface area contributed by atoms with Crippen LogP contribution in [0.4, 0.5) is 0 Å². The number of nitrogens with one attached hydrogen (secondary N) is 2. The van der Waals surface area contributed by atoms with Crippen LogP contribution in [0.2, 0.25) is 0 Å². The Bertz CT molecular complexity index is 493. The van der Waals surface area contributed by atoms with E-state index in [1.54, 1.807) is 7.11 Å². The lowest BCUT2D eigenvalue weighted by atomic mass is 9.97. The molecule has 0 atom stereocenters. The van der Waals surface area contributed by atoms with Crippen LogP contribution in [0, 0.1) is 5.92 Å². The minimum atomic E-state index is 0.721. The Morgan fingerprint density at radius 3 is 2.54 bits per heavy atom. The molecule has 5 heteroatoms. The number of benzene rings is 1. The Morgan fingerprint density at radius 1 is 1.21 bits per heavy atom. The fourth-order valence-electron chi connectivity index (χ4n) is 2.92. The van der Waals surface area contributed by atoms with Gasteiger partial charge in [-0.3, -0.25) is 4.99 Å². The molecule has 2 rings (SSSR count). The summed E-state index contributed by atoms with van der Waals surface area (Å²) in [4.78, 5) is 7.18. The van der Waals surface area contributed by atoms with Gasteiger partial charge in [0.2, 0.25) is 0 Å². The predicted molar refractivity (Wildman–Crippen MR) is 101 cm³/mol. The molecule has 1 aromatic carbocycles. The van der Waals surface area contributed by atoms with Gasteiger partial charge in [-0.05, 0) is 69.9 Å². The van der Waals surface area contributed by atoms with Crippen molar-refractivity contribution in [2.24, 2.45) is 10.9 Å². The lowest BCUT2D eigenvalue weighted by Gasteiger charge is -2.28. The van der Waals surface area contributed by atoms with Gasteiger partial charge >= 0.3 is 0 Å². The van der Waals surface area contributed by atoms with Gasteiger partial charge in [0.1, 0.15) is 5.75 Å². The maximum Gasteiger partial charge on any atom is 0.191 e. The van der Waals surface area contributed by atoms with Crippen LogP contribution in [0.5, 0.6) is 5.75 Å². The molecule has 134 valence electrons. The Hall–Kier alpha value is -1.75. The number of methoxy groups -OCH3 is 1. The number of ether oxygens (including phenoxy) is 1. The third-order valence-corrected chi connectivity index (χ3v) is 4.56. The molecule has 0 saturated carbocycles. The molecule has 0 aliphatic carbocycles. The van der Waals surface area contributed by atoms with Gasteiger partial charge in [-0.2, -0.15) is 0 Å². The van der Waals surface area contributed by atoms with Crippen molar-refractivity contribution in [3.63, 3.8) is 0 Å². The van der Waals surface area contributed by atoms with Gasteiger partial charge in [0.25, 0.3) is 0 Å². The van der Waals surface area contributed by atoms with Crippen LogP contribution in [0.25, 0.3) is 0 Å². The topological polar surface area (TPSA) is 48.9 Å². The zero-order chi connectivity index (χ0) is 17.2. The van der Waals surface area contributed by atoms with Crippen LogP contribution < -0.4 is 15.4 Å². The van der Waals surface area contributed by atoms with E-state index in [1.165, 1.54) is 31.5 Å². The molecule has 1 aliphatic heterocycles. The summed E-state index contributed by atoms with van der Waals surface area (Å²) in [6.07, 6.45) is 3.49. The van der Waals surface area contributed by atoms with Crippen LogP contribution >= 0.6 is 0 Å². The number of piperidine rings is 1. The molecule has 1 saturated heterocycles. The highest BCUT2D eigenvalue weighted by molar-refractivity contribution is 5.79. The van der Waals surface area contributed by atoms with Gasteiger partial charge < -0.3 is 20.3 Å². The maximum atomic E-state index is 5.19. The van der Waals surface area contributed by atoms with Crippen molar-refractivity contribution in [3.8, 4) is 5.75 Å². The van der Waals surface area contributed by atoms with Crippen molar-refractivity contribution >= 4 is 5.96 Å². The quantitative estimate of drug-likeness (QED) is 0.593. The molecule has 1 aliphatic rings. The molecule has 1 fully saturated rings. The predicted octanol–water partition coefficient (Wildman–Crippen LogP) is 2.13. The van der Waals surface area contributed by atoms with Crippen molar-refractivity contribution < 1.29 is 4.74 Å². The number of likely N-dealkylation sites (tertiary alicyclic amines) is 1. The van der Waals surface area contributed by atoms with E-state index in [1.807, 2.05) is 12.1 Å². The Morgan fingerprint density at radius 2 is 1.92 bits per heavy atom. The van der Waals surface area contributed by atoms with Gasteiger partial charge in [-0.15, -0.1) is 0 Å². The highest BCUT2D eigenvalue weighted by atomic mass is 16.5. The van der Waals surface area contributed by atoms with Crippen molar-refractivity contribution in [2.75, 3.05) is 46.9 Å². The molecule has 24 heavy (non-hydrogen) atoms. The summed E-state index contributed by atoms with van der Waals surface area (Å²) in [6, 6.07) is 8.25. The standard InChI is InChI=1S/C19H32N4O/c1-4-20-19(22-15-17-10-13-23(2)14-11-17)21-12-9-16-5-7-18(24-3)8-6-16/h5-8,17H,4,9-15H2,1-3H3,(H2,20,21,22).